The number of amides is 1. The van der Waals surface area contributed by atoms with Crippen molar-refractivity contribution in [3.63, 3.8) is 0 Å². The molecular formula is C17H19BrN6O. The summed E-state index contributed by atoms with van der Waals surface area (Å²) in [5, 5.41) is 11.4. The first-order valence-corrected chi connectivity index (χ1v) is 8.69. The van der Waals surface area contributed by atoms with E-state index in [9.17, 15) is 4.79 Å². The second-order valence-electron chi connectivity index (χ2n) is 5.90. The van der Waals surface area contributed by atoms with Gasteiger partial charge in [0.25, 0.3) is 5.91 Å². The fraction of sp³-hybridized carbons (Fsp3) is 0.294. The predicted molar refractivity (Wildman–Crippen MR) is 98.3 cm³/mol. The van der Waals surface area contributed by atoms with Crippen molar-refractivity contribution in [2.75, 3.05) is 5.32 Å². The van der Waals surface area contributed by atoms with Gasteiger partial charge in [0.05, 0.1) is 16.7 Å². The van der Waals surface area contributed by atoms with E-state index >= 15 is 0 Å². The molecule has 0 aliphatic heterocycles. The lowest BCUT2D eigenvalue weighted by atomic mass is 10.1. The zero-order valence-corrected chi connectivity index (χ0v) is 15.9. The first-order valence-electron chi connectivity index (χ1n) is 7.90. The van der Waals surface area contributed by atoms with Crippen molar-refractivity contribution < 1.29 is 4.79 Å². The van der Waals surface area contributed by atoms with Crippen LogP contribution in [0.15, 0.2) is 41.3 Å². The number of hydrogen-bond acceptors (Lipinski definition) is 4. The quantitative estimate of drug-likeness (QED) is 0.710. The Morgan fingerprint density at radius 2 is 2.04 bits per heavy atom. The summed E-state index contributed by atoms with van der Waals surface area (Å²) in [5.74, 6) is 0.0667. The standard InChI is InChI=1S/C17H19BrN6O/c1-11-6-4-5-7-14(11)8-23-10-19-17(22-23)20-16(25)13(3)24-9-15(18)12(2)21-24/h4-7,9-10,13H,8H2,1-3H3,(H,20,22,25). The Kier molecular flexibility index (Phi) is 4.98. The molecule has 3 rings (SSSR count). The number of carbonyl (C=O) groups excluding carboxylic acids is 1. The van der Waals surface area contributed by atoms with E-state index in [1.165, 1.54) is 5.56 Å². The number of aromatic nitrogens is 5. The minimum atomic E-state index is -0.465. The normalized spacial score (nSPS) is 12.2. The molecule has 1 unspecified atom stereocenters. The minimum Gasteiger partial charge on any atom is -0.291 e. The van der Waals surface area contributed by atoms with Crippen molar-refractivity contribution in [3.05, 3.63) is 58.1 Å². The number of aryl methyl sites for hydroxylation is 2. The van der Waals surface area contributed by atoms with E-state index in [0.29, 0.717) is 6.54 Å². The Hall–Kier alpha value is -2.48. The average Bonchev–Trinajstić information content (AvgIpc) is 3.15. The van der Waals surface area contributed by atoms with Crippen molar-refractivity contribution in [3.8, 4) is 0 Å². The van der Waals surface area contributed by atoms with Gasteiger partial charge < -0.3 is 0 Å². The number of anilines is 1. The molecule has 2 aromatic heterocycles. The fourth-order valence-electron chi connectivity index (χ4n) is 2.38. The van der Waals surface area contributed by atoms with Crippen LogP contribution in [-0.4, -0.2) is 30.5 Å². The van der Waals surface area contributed by atoms with Crippen LogP contribution in [0.2, 0.25) is 0 Å². The SMILES string of the molecule is Cc1ccccc1Cn1cnc(NC(=O)C(C)n2cc(Br)c(C)n2)n1. The van der Waals surface area contributed by atoms with Crippen LogP contribution >= 0.6 is 15.9 Å². The Morgan fingerprint density at radius 1 is 1.28 bits per heavy atom. The summed E-state index contributed by atoms with van der Waals surface area (Å²) in [7, 11) is 0. The van der Waals surface area contributed by atoms with Crippen LogP contribution in [0.25, 0.3) is 0 Å². The summed E-state index contributed by atoms with van der Waals surface area (Å²) < 4.78 is 4.18. The highest BCUT2D eigenvalue weighted by molar-refractivity contribution is 9.10. The largest absolute Gasteiger partial charge is 0.291 e. The molecule has 2 heterocycles. The van der Waals surface area contributed by atoms with Crippen LogP contribution in [0.1, 0.15) is 29.8 Å². The zero-order valence-electron chi connectivity index (χ0n) is 14.3. The summed E-state index contributed by atoms with van der Waals surface area (Å²) in [5.41, 5.74) is 3.19. The molecule has 0 saturated carbocycles. The highest BCUT2D eigenvalue weighted by atomic mass is 79.9. The van der Waals surface area contributed by atoms with Gasteiger partial charge in [-0.2, -0.15) is 5.10 Å². The van der Waals surface area contributed by atoms with Crippen LogP contribution in [-0.2, 0) is 11.3 Å². The van der Waals surface area contributed by atoms with Gasteiger partial charge in [-0.3, -0.25) is 14.8 Å². The molecule has 1 amide bonds. The maximum atomic E-state index is 12.4. The third-order valence-electron chi connectivity index (χ3n) is 4.00. The third kappa shape index (κ3) is 3.96. The van der Waals surface area contributed by atoms with E-state index in [2.05, 4.69) is 55.5 Å². The fourth-order valence-corrected chi connectivity index (χ4v) is 2.67. The van der Waals surface area contributed by atoms with E-state index in [1.54, 1.807) is 28.8 Å². The van der Waals surface area contributed by atoms with Crippen molar-refractivity contribution in [2.24, 2.45) is 0 Å². The lowest BCUT2D eigenvalue weighted by Gasteiger charge is -2.10. The Balaban J connectivity index is 1.66. The number of benzene rings is 1. The molecule has 1 aromatic carbocycles. The second kappa shape index (κ2) is 7.18. The summed E-state index contributed by atoms with van der Waals surface area (Å²) in [6.07, 6.45) is 3.39. The molecule has 0 spiro atoms. The smallest absolute Gasteiger partial charge is 0.251 e. The van der Waals surface area contributed by atoms with Gasteiger partial charge in [0.15, 0.2) is 0 Å². The summed E-state index contributed by atoms with van der Waals surface area (Å²) >= 11 is 3.40. The Labute approximate surface area is 154 Å². The van der Waals surface area contributed by atoms with Gasteiger partial charge in [-0.1, -0.05) is 24.3 Å². The molecule has 0 fully saturated rings. The molecule has 0 aliphatic rings. The highest BCUT2D eigenvalue weighted by Gasteiger charge is 2.18. The Bertz CT molecular complexity index is 881. The number of nitrogens with one attached hydrogen (secondary N) is 1. The van der Waals surface area contributed by atoms with Gasteiger partial charge in [0, 0.05) is 6.20 Å². The van der Waals surface area contributed by atoms with Crippen molar-refractivity contribution in [2.45, 2.75) is 33.4 Å². The van der Waals surface area contributed by atoms with E-state index in [-0.39, 0.29) is 11.9 Å². The van der Waals surface area contributed by atoms with Crippen LogP contribution < -0.4 is 5.32 Å². The molecule has 25 heavy (non-hydrogen) atoms. The number of halogens is 1. The highest BCUT2D eigenvalue weighted by Crippen LogP contribution is 2.17. The Morgan fingerprint density at radius 3 is 2.72 bits per heavy atom. The third-order valence-corrected chi connectivity index (χ3v) is 4.78. The molecule has 130 valence electrons. The summed E-state index contributed by atoms with van der Waals surface area (Å²) in [4.78, 5) is 16.5. The molecule has 8 heteroatoms. The van der Waals surface area contributed by atoms with E-state index in [4.69, 9.17) is 0 Å². The van der Waals surface area contributed by atoms with Crippen molar-refractivity contribution in [1.82, 2.24) is 24.5 Å². The molecule has 1 atom stereocenters. The topological polar surface area (TPSA) is 77.6 Å². The van der Waals surface area contributed by atoms with E-state index < -0.39 is 6.04 Å². The van der Waals surface area contributed by atoms with E-state index in [0.717, 1.165) is 15.7 Å². The maximum absolute atomic E-state index is 12.4. The number of carbonyl (C=O) groups is 1. The molecular weight excluding hydrogens is 384 g/mol. The monoisotopic (exact) mass is 402 g/mol. The van der Waals surface area contributed by atoms with Gasteiger partial charge >= 0.3 is 0 Å². The average molecular weight is 403 g/mol. The summed E-state index contributed by atoms with van der Waals surface area (Å²) in [6.45, 7) is 6.32. The van der Waals surface area contributed by atoms with Gasteiger partial charge in [0.1, 0.15) is 12.4 Å². The first kappa shape index (κ1) is 17.3. The van der Waals surface area contributed by atoms with Crippen LogP contribution in [0.5, 0.6) is 0 Å². The predicted octanol–water partition coefficient (Wildman–Crippen LogP) is 3.10. The molecule has 0 saturated heterocycles. The molecule has 0 aliphatic carbocycles. The number of rotatable bonds is 5. The minimum absolute atomic E-state index is 0.219. The van der Waals surface area contributed by atoms with Crippen LogP contribution in [0.4, 0.5) is 5.95 Å². The molecule has 0 bridgehead atoms. The first-order chi connectivity index (χ1) is 11.9. The number of nitrogens with zero attached hydrogens (tertiary/aromatic N) is 5. The van der Waals surface area contributed by atoms with Gasteiger partial charge in [-0.05, 0) is 47.8 Å². The van der Waals surface area contributed by atoms with E-state index in [1.807, 2.05) is 19.1 Å². The maximum Gasteiger partial charge on any atom is 0.251 e. The van der Waals surface area contributed by atoms with Crippen molar-refractivity contribution in [1.29, 1.82) is 0 Å². The molecule has 3 aromatic rings. The van der Waals surface area contributed by atoms with Gasteiger partial charge in [0.2, 0.25) is 5.95 Å². The van der Waals surface area contributed by atoms with Crippen molar-refractivity contribution >= 4 is 27.8 Å². The second-order valence-corrected chi connectivity index (χ2v) is 6.75. The van der Waals surface area contributed by atoms with Gasteiger partial charge in [-0.15, -0.1) is 5.10 Å². The lowest BCUT2D eigenvalue weighted by molar-refractivity contribution is -0.119. The molecule has 0 radical (unpaired) electrons. The van der Waals surface area contributed by atoms with Crippen LogP contribution in [0.3, 0.4) is 0 Å². The molecule has 1 N–H and O–H groups in total. The van der Waals surface area contributed by atoms with Gasteiger partial charge in [-0.25, -0.2) is 9.67 Å². The lowest BCUT2D eigenvalue weighted by Crippen LogP contribution is -2.24. The zero-order chi connectivity index (χ0) is 18.0. The number of hydrogen-bond donors (Lipinski definition) is 1. The van der Waals surface area contributed by atoms with Crippen LogP contribution in [0, 0.1) is 13.8 Å². The summed E-state index contributed by atoms with van der Waals surface area (Å²) in [6, 6.07) is 7.64. The molecule has 7 nitrogen and oxygen atoms in total.